The predicted octanol–water partition coefficient (Wildman–Crippen LogP) is 2.39. The van der Waals surface area contributed by atoms with Gasteiger partial charge in [0.2, 0.25) is 26.0 Å². The third-order valence-electron chi connectivity index (χ3n) is 5.91. The van der Waals surface area contributed by atoms with Crippen LogP contribution in [0.5, 0.6) is 0 Å². The lowest BCUT2D eigenvalue weighted by Crippen LogP contribution is -2.47. The Bertz CT molecular complexity index is 1330. The Kier molecular flexibility index (Phi) is 8.70. The van der Waals surface area contributed by atoms with Gasteiger partial charge < -0.3 is 10.2 Å². The summed E-state index contributed by atoms with van der Waals surface area (Å²) in [6, 6.07) is 7.40. The van der Waals surface area contributed by atoms with Gasteiger partial charge in [0.25, 0.3) is 0 Å². The minimum atomic E-state index is -3.81. The number of aryl methyl sites for hydroxylation is 1. The molecule has 0 radical (unpaired) electrons. The molecule has 0 aliphatic carbocycles. The number of rotatable bonds is 9. The molecule has 2 aromatic carbocycles. The van der Waals surface area contributed by atoms with Crippen LogP contribution in [0.4, 0.5) is 20.2 Å². The number of anilines is 2. The van der Waals surface area contributed by atoms with Gasteiger partial charge in [0.1, 0.15) is 0 Å². The highest BCUT2D eigenvalue weighted by Gasteiger charge is 2.29. The zero-order valence-electron chi connectivity index (χ0n) is 20.4. The maximum atomic E-state index is 13.6. The quantitative estimate of drug-likeness (QED) is 0.520. The van der Waals surface area contributed by atoms with Gasteiger partial charge in [-0.3, -0.25) is 9.10 Å². The van der Waals surface area contributed by atoms with Gasteiger partial charge in [-0.05, 0) is 50.2 Å². The van der Waals surface area contributed by atoms with Gasteiger partial charge in [-0.25, -0.2) is 25.6 Å². The second-order valence-electron chi connectivity index (χ2n) is 8.77. The third kappa shape index (κ3) is 6.78. The lowest BCUT2D eigenvalue weighted by molar-refractivity contribution is -0.116. The molecule has 36 heavy (non-hydrogen) atoms. The molecule has 0 unspecified atom stereocenters. The summed E-state index contributed by atoms with van der Waals surface area (Å²) < 4.78 is 79.8. The first kappa shape index (κ1) is 28.0. The van der Waals surface area contributed by atoms with E-state index in [4.69, 9.17) is 0 Å². The average Bonchev–Trinajstić information content (AvgIpc) is 2.79. The summed E-state index contributed by atoms with van der Waals surface area (Å²) in [6.07, 6.45) is 0.948. The molecule has 1 aliphatic heterocycles. The summed E-state index contributed by atoms with van der Waals surface area (Å²) in [5.74, 6) is -2.72. The number of benzene rings is 2. The molecule has 1 heterocycles. The lowest BCUT2D eigenvalue weighted by atomic mass is 10.2. The molecule has 0 bridgehead atoms. The monoisotopic (exact) mass is 544 g/mol. The zero-order chi connectivity index (χ0) is 26.7. The van der Waals surface area contributed by atoms with Crippen molar-refractivity contribution in [3.63, 3.8) is 0 Å². The minimum absolute atomic E-state index is 0.0471. The van der Waals surface area contributed by atoms with E-state index in [0.29, 0.717) is 37.4 Å². The van der Waals surface area contributed by atoms with E-state index in [1.807, 2.05) is 11.9 Å². The highest BCUT2D eigenvalue weighted by molar-refractivity contribution is 7.92. The number of nitrogens with zero attached hydrogens (tertiary/aromatic N) is 3. The molecule has 3 rings (SSSR count). The lowest BCUT2D eigenvalue weighted by Gasteiger charge is -2.32. The van der Waals surface area contributed by atoms with Crippen LogP contribution in [-0.2, 0) is 24.8 Å². The number of carbonyl (C=O) groups is 1. The molecule has 0 aromatic heterocycles. The fourth-order valence-electron chi connectivity index (χ4n) is 3.86. The Hall–Kier alpha value is -2.61. The number of amides is 1. The zero-order valence-corrected chi connectivity index (χ0v) is 22.0. The molecule has 1 N–H and O–H groups in total. The van der Waals surface area contributed by atoms with Crippen molar-refractivity contribution in [3.05, 3.63) is 53.6 Å². The Labute approximate surface area is 210 Å². The van der Waals surface area contributed by atoms with Crippen molar-refractivity contribution in [1.82, 2.24) is 9.21 Å². The van der Waals surface area contributed by atoms with Crippen molar-refractivity contribution >= 4 is 37.3 Å². The van der Waals surface area contributed by atoms with Gasteiger partial charge in [-0.2, -0.15) is 4.31 Å². The average molecular weight is 545 g/mol. The Morgan fingerprint density at radius 3 is 2.28 bits per heavy atom. The fraction of sp³-hybridized carbons (Fsp3) is 0.435. The second kappa shape index (κ2) is 11.2. The van der Waals surface area contributed by atoms with Gasteiger partial charge in [0.05, 0.1) is 16.8 Å². The van der Waals surface area contributed by atoms with Crippen molar-refractivity contribution in [2.45, 2.75) is 24.7 Å². The second-order valence-corrected chi connectivity index (χ2v) is 12.6. The Morgan fingerprint density at radius 2 is 1.67 bits per heavy atom. The molecule has 0 saturated carbocycles. The number of carbonyl (C=O) groups excluding carboxylic acids is 1. The summed E-state index contributed by atoms with van der Waals surface area (Å²) in [5.41, 5.74) is 0.815. The maximum absolute atomic E-state index is 13.6. The van der Waals surface area contributed by atoms with Gasteiger partial charge in [0.15, 0.2) is 11.6 Å². The highest BCUT2D eigenvalue weighted by atomic mass is 32.2. The summed E-state index contributed by atoms with van der Waals surface area (Å²) in [6.45, 7) is 3.57. The van der Waals surface area contributed by atoms with Crippen LogP contribution in [0.1, 0.15) is 18.4 Å². The van der Waals surface area contributed by atoms with Crippen molar-refractivity contribution in [1.29, 1.82) is 0 Å². The first-order valence-electron chi connectivity index (χ1n) is 11.3. The molecule has 1 fully saturated rings. The molecule has 1 aliphatic rings. The van der Waals surface area contributed by atoms with E-state index in [1.165, 1.54) is 10.4 Å². The summed E-state index contributed by atoms with van der Waals surface area (Å²) in [7, 11) is -5.61. The molecule has 0 atom stereocenters. The topological polar surface area (TPSA) is 107 Å². The maximum Gasteiger partial charge on any atom is 0.243 e. The largest absolute Gasteiger partial charge is 0.326 e. The fourth-order valence-corrected chi connectivity index (χ4v) is 6.49. The number of halogens is 2. The van der Waals surface area contributed by atoms with Crippen LogP contribution >= 0.6 is 0 Å². The molecule has 2 aromatic rings. The van der Waals surface area contributed by atoms with E-state index < -0.39 is 37.6 Å². The van der Waals surface area contributed by atoms with Crippen LogP contribution in [0.15, 0.2) is 41.3 Å². The number of nitrogens with one attached hydrogen (secondary N) is 1. The number of sulfonamides is 2. The van der Waals surface area contributed by atoms with Crippen molar-refractivity contribution in [2.75, 3.05) is 55.6 Å². The summed E-state index contributed by atoms with van der Waals surface area (Å²) in [5, 5.41) is 2.65. The standard InChI is InChI=1S/C23H30F2N4O5S2/c1-17-6-7-18(15-22(17)36(33,34)28-13-11-27(2)12-14-28)26-23(30)5-4-10-29(35(3,31)32)19-8-9-20(24)21(25)16-19/h6-9,15-16H,4-5,10-14H2,1-3H3,(H,26,30). The predicted molar refractivity (Wildman–Crippen MR) is 134 cm³/mol. The van der Waals surface area contributed by atoms with Gasteiger partial charge >= 0.3 is 0 Å². The number of piperazine rings is 1. The van der Waals surface area contributed by atoms with Crippen LogP contribution in [0, 0.1) is 18.6 Å². The first-order valence-corrected chi connectivity index (χ1v) is 14.6. The van der Waals surface area contributed by atoms with E-state index in [1.54, 1.807) is 19.1 Å². The molecule has 1 saturated heterocycles. The van der Waals surface area contributed by atoms with Crippen molar-refractivity contribution in [2.24, 2.45) is 0 Å². The summed E-state index contributed by atoms with van der Waals surface area (Å²) >= 11 is 0. The third-order valence-corrected chi connectivity index (χ3v) is 9.14. The molecule has 1 amide bonds. The van der Waals surface area contributed by atoms with Crippen LogP contribution in [0.3, 0.4) is 0 Å². The van der Waals surface area contributed by atoms with E-state index in [-0.39, 0.29) is 30.0 Å². The van der Waals surface area contributed by atoms with Crippen LogP contribution in [-0.4, -0.2) is 78.0 Å². The SMILES string of the molecule is Cc1ccc(NC(=O)CCCN(c2ccc(F)c(F)c2)S(C)(=O)=O)cc1S(=O)(=O)N1CCN(C)CC1. The normalized spacial score (nSPS) is 15.6. The molecule has 0 spiro atoms. The Morgan fingerprint density at radius 1 is 1.00 bits per heavy atom. The smallest absolute Gasteiger partial charge is 0.243 e. The van der Waals surface area contributed by atoms with Gasteiger partial charge in [0, 0.05) is 50.9 Å². The molecular weight excluding hydrogens is 514 g/mol. The van der Waals surface area contributed by atoms with Crippen LogP contribution < -0.4 is 9.62 Å². The van der Waals surface area contributed by atoms with Gasteiger partial charge in [-0.15, -0.1) is 0 Å². The van der Waals surface area contributed by atoms with Crippen LogP contribution in [0.2, 0.25) is 0 Å². The first-order chi connectivity index (χ1) is 16.8. The number of likely N-dealkylation sites (N-methyl/N-ethyl adjacent to an activating group) is 1. The number of hydrogen-bond donors (Lipinski definition) is 1. The van der Waals surface area contributed by atoms with E-state index >= 15 is 0 Å². The summed E-state index contributed by atoms with van der Waals surface area (Å²) in [4.78, 5) is 14.7. The van der Waals surface area contributed by atoms with E-state index in [0.717, 1.165) is 28.8 Å². The molecule has 9 nitrogen and oxygen atoms in total. The van der Waals surface area contributed by atoms with Crippen molar-refractivity contribution in [3.8, 4) is 0 Å². The Balaban J connectivity index is 1.66. The molecule has 198 valence electrons. The number of hydrogen-bond acceptors (Lipinski definition) is 6. The van der Waals surface area contributed by atoms with E-state index in [9.17, 15) is 30.4 Å². The molecule has 13 heteroatoms. The highest BCUT2D eigenvalue weighted by Crippen LogP contribution is 2.25. The minimum Gasteiger partial charge on any atom is -0.326 e. The van der Waals surface area contributed by atoms with Gasteiger partial charge in [-0.1, -0.05) is 6.07 Å². The van der Waals surface area contributed by atoms with Crippen molar-refractivity contribution < 1.29 is 30.4 Å². The van der Waals surface area contributed by atoms with Crippen LogP contribution in [0.25, 0.3) is 0 Å². The van der Waals surface area contributed by atoms with E-state index in [2.05, 4.69) is 5.32 Å². The molecular formula is C23H30F2N4O5S2.